The summed E-state index contributed by atoms with van der Waals surface area (Å²) in [5.74, 6) is 1.51. The van der Waals surface area contributed by atoms with Gasteiger partial charge in [-0.15, -0.1) is 0 Å². The molecule has 0 saturated carbocycles. The Morgan fingerprint density at radius 2 is 1.75 bits per heavy atom. The van der Waals surface area contributed by atoms with Crippen LogP contribution in [0.3, 0.4) is 0 Å². The van der Waals surface area contributed by atoms with Crippen molar-refractivity contribution in [1.29, 1.82) is 0 Å². The molecule has 128 valence electrons. The summed E-state index contributed by atoms with van der Waals surface area (Å²) in [7, 11) is 2.19. The van der Waals surface area contributed by atoms with E-state index in [1.165, 1.54) is 5.69 Å². The molecule has 0 bridgehead atoms. The minimum absolute atomic E-state index is 0.0993. The number of piperidine rings is 1. The minimum atomic E-state index is 0.0993. The van der Waals surface area contributed by atoms with Gasteiger partial charge in [0.05, 0.1) is 6.10 Å². The van der Waals surface area contributed by atoms with E-state index in [0.29, 0.717) is 11.9 Å². The maximum absolute atomic E-state index is 5.82. The molecular weight excluding hydrogens is 300 g/mol. The number of aromatic nitrogens is 2. The SMILES string of the molecule is CC(C)Oc1nccnc1N1CCC(N(C)c2ccccc2)CC1. The molecule has 1 aliphatic rings. The minimum Gasteiger partial charge on any atom is -0.472 e. The van der Waals surface area contributed by atoms with Crippen LogP contribution in [0.2, 0.25) is 0 Å². The Morgan fingerprint density at radius 3 is 2.42 bits per heavy atom. The summed E-state index contributed by atoms with van der Waals surface area (Å²) >= 11 is 0. The fourth-order valence-electron chi connectivity index (χ4n) is 3.18. The second-order valence-corrected chi connectivity index (χ2v) is 6.52. The molecule has 1 aromatic carbocycles. The number of anilines is 2. The van der Waals surface area contributed by atoms with Gasteiger partial charge in [-0.2, -0.15) is 0 Å². The van der Waals surface area contributed by atoms with Crippen LogP contribution in [0.15, 0.2) is 42.7 Å². The number of hydrogen-bond acceptors (Lipinski definition) is 5. The van der Waals surface area contributed by atoms with Crippen LogP contribution in [-0.2, 0) is 0 Å². The van der Waals surface area contributed by atoms with Gasteiger partial charge < -0.3 is 14.5 Å². The lowest BCUT2D eigenvalue weighted by atomic mass is 10.0. The first-order valence-corrected chi connectivity index (χ1v) is 8.65. The van der Waals surface area contributed by atoms with Crippen LogP contribution < -0.4 is 14.5 Å². The molecular formula is C19H26N4O. The average Bonchev–Trinajstić information content (AvgIpc) is 2.62. The highest BCUT2D eigenvalue weighted by molar-refractivity contribution is 5.50. The summed E-state index contributed by atoms with van der Waals surface area (Å²) in [6.07, 6.45) is 5.73. The number of rotatable bonds is 5. The molecule has 1 aliphatic heterocycles. The van der Waals surface area contributed by atoms with E-state index in [-0.39, 0.29) is 6.10 Å². The maximum atomic E-state index is 5.82. The average molecular weight is 326 g/mol. The number of nitrogens with zero attached hydrogens (tertiary/aromatic N) is 4. The van der Waals surface area contributed by atoms with Gasteiger partial charge in [0.25, 0.3) is 5.88 Å². The van der Waals surface area contributed by atoms with Crippen molar-refractivity contribution in [2.45, 2.75) is 38.8 Å². The Hall–Kier alpha value is -2.30. The van der Waals surface area contributed by atoms with Gasteiger partial charge in [-0.05, 0) is 38.8 Å². The highest BCUT2D eigenvalue weighted by atomic mass is 16.5. The van der Waals surface area contributed by atoms with E-state index in [4.69, 9.17) is 4.74 Å². The Balaban J connectivity index is 1.65. The largest absolute Gasteiger partial charge is 0.472 e. The molecule has 24 heavy (non-hydrogen) atoms. The smallest absolute Gasteiger partial charge is 0.257 e. The predicted molar refractivity (Wildman–Crippen MR) is 97.9 cm³/mol. The van der Waals surface area contributed by atoms with Crippen LogP contribution >= 0.6 is 0 Å². The molecule has 0 aliphatic carbocycles. The molecule has 1 fully saturated rings. The number of para-hydroxylation sites is 1. The molecule has 0 spiro atoms. The summed E-state index contributed by atoms with van der Waals surface area (Å²) in [5.41, 5.74) is 1.28. The summed E-state index contributed by atoms with van der Waals surface area (Å²) in [5, 5.41) is 0. The molecule has 1 aromatic heterocycles. The third kappa shape index (κ3) is 3.78. The normalized spacial score (nSPS) is 15.6. The fourth-order valence-corrected chi connectivity index (χ4v) is 3.18. The summed E-state index contributed by atoms with van der Waals surface area (Å²) < 4.78 is 5.82. The highest BCUT2D eigenvalue weighted by Crippen LogP contribution is 2.28. The van der Waals surface area contributed by atoms with E-state index < -0.39 is 0 Å². The molecule has 0 N–H and O–H groups in total. The van der Waals surface area contributed by atoms with Gasteiger partial charge in [0.1, 0.15) is 0 Å². The van der Waals surface area contributed by atoms with Crippen molar-refractivity contribution in [3.05, 3.63) is 42.7 Å². The standard InChI is InChI=1S/C19H26N4O/c1-15(2)24-19-18(20-11-12-21-19)23-13-9-17(10-14-23)22(3)16-7-5-4-6-8-16/h4-8,11-12,15,17H,9-10,13-14H2,1-3H3. The van der Waals surface area contributed by atoms with Crippen LogP contribution in [0, 0.1) is 0 Å². The lowest BCUT2D eigenvalue weighted by Crippen LogP contribution is -2.44. The molecule has 3 rings (SSSR count). The van der Waals surface area contributed by atoms with Crippen molar-refractivity contribution in [2.75, 3.05) is 29.9 Å². The van der Waals surface area contributed by atoms with Crippen molar-refractivity contribution in [3.8, 4) is 5.88 Å². The van der Waals surface area contributed by atoms with Gasteiger partial charge >= 0.3 is 0 Å². The van der Waals surface area contributed by atoms with Crippen molar-refractivity contribution < 1.29 is 4.74 Å². The Morgan fingerprint density at radius 1 is 1.08 bits per heavy atom. The van der Waals surface area contributed by atoms with Crippen LogP contribution in [0.5, 0.6) is 5.88 Å². The van der Waals surface area contributed by atoms with E-state index in [1.807, 2.05) is 13.8 Å². The number of hydrogen-bond donors (Lipinski definition) is 0. The van der Waals surface area contributed by atoms with E-state index >= 15 is 0 Å². The van der Waals surface area contributed by atoms with Crippen molar-refractivity contribution in [2.24, 2.45) is 0 Å². The molecule has 0 atom stereocenters. The van der Waals surface area contributed by atoms with Crippen LogP contribution in [0.1, 0.15) is 26.7 Å². The van der Waals surface area contributed by atoms with E-state index in [2.05, 4.69) is 57.1 Å². The predicted octanol–water partition coefficient (Wildman–Crippen LogP) is 3.37. The molecule has 0 amide bonds. The first-order valence-electron chi connectivity index (χ1n) is 8.65. The van der Waals surface area contributed by atoms with E-state index in [9.17, 15) is 0 Å². The third-order valence-electron chi connectivity index (χ3n) is 4.47. The Bertz CT molecular complexity index is 639. The quantitative estimate of drug-likeness (QED) is 0.842. The Kier molecular flexibility index (Phi) is 5.18. The first-order chi connectivity index (χ1) is 11.6. The second kappa shape index (κ2) is 7.51. The molecule has 2 heterocycles. The van der Waals surface area contributed by atoms with Crippen LogP contribution in [0.4, 0.5) is 11.5 Å². The summed E-state index contributed by atoms with van der Waals surface area (Å²) in [6.45, 7) is 5.96. The van der Waals surface area contributed by atoms with Gasteiger partial charge in [-0.1, -0.05) is 18.2 Å². The zero-order valence-electron chi connectivity index (χ0n) is 14.7. The van der Waals surface area contributed by atoms with Gasteiger partial charge in [0.15, 0.2) is 5.82 Å². The molecule has 5 nitrogen and oxygen atoms in total. The topological polar surface area (TPSA) is 41.5 Å². The van der Waals surface area contributed by atoms with Crippen LogP contribution in [0.25, 0.3) is 0 Å². The van der Waals surface area contributed by atoms with E-state index in [0.717, 1.165) is 31.7 Å². The zero-order valence-corrected chi connectivity index (χ0v) is 14.7. The lowest BCUT2D eigenvalue weighted by molar-refractivity contribution is 0.231. The van der Waals surface area contributed by atoms with Gasteiger partial charge in [-0.3, -0.25) is 0 Å². The van der Waals surface area contributed by atoms with Crippen molar-refractivity contribution in [3.63, 3.8) is 0 Å². The second-order valence-electron chi connectivity index (χ2n) is 6.52. The monoisotopic (exact) mass is 326 g/mol. The summed E-state index contributed by atoms with van der Waals surface area (Å²) in [6, 6.07) is 11.1. The lowest BCUT2D eigenvalue weighted by Gasteiger charge is -2.38. The fraction of sp³-hybridized carbons (Fsp3) is 0.474. The Labute approximate surface area is 144 Å². The number of benzene rings is 1. The van der Waals surface area contributed by atoms with E-state index in [1.54, 1.807) is 12.4 Å². The van der Waals surface area contributed by atoms with Crippen molar-refractivity contribution >= 4 is 11.5 Å². The molecule has 0 unspecified atom stereocenters. The third-order valence-corrected chi connectivity index (χ3v) is 4.47. The van der Waals surface area contributed by atoms with Gasteiger partial charge in [0, 0.05) is 44.3 Å². The molecule has 5 heteroatoms. The summed E-state index contributed by atoms with van der Waals surface area (Å²) in [4.78, 5) is 13.5. The highest BCUT2D eigenvalue weighted by Gasteiger charge is 2.25. The first kappa shape index (κ1) is 16.6. The van der Waals surface area contributed by atoms with Crippen LogP contribution in [-0.4, -0.2) is 42.3 Å². The van der Waals surface area contributed by atoms with Crippen molar-refractivity contribution in [1.82, 2.24) is 9.97 Å². The van der Waals surface area contributed by atoms with Gasteiger partial charge in [0.2, 0.25) is 0 Å². The number of ether oxygens (including phenoxy) is 1. The molecule has 0 radical (unpaired) electrons. The molecule has 2 aromatic rings. The zero-order chi connectivity index (χ0) is 16.9. The maximum Gasteiger partial charge on any atom is 0.257 e. The van der Waals surface area contributed by atoms with Gasteiger partial charge in [-0.25, -0.2) is 9.97 Å². The molecule has 1 saturated heterocycles.